The second-order valence-corrected chi connectivity index (χ2v) is 5.02. The van der Waals surface area contributed by atoms with Crippen LogP contribution < -0.4 is 5.32 Å². The molecule has 1 aromatic carbocycles. The molecule has 0 aliphatic heterocycles. The Labute approximate surface area is 118 Å². The van der Waals surface area contributed by atoms with Crippen molar-refractivity contribution < 1.29 is 4.74 Å². The van der Waals surface area contributed by atoms with Crippen molar-refractivity contribution in [2.75, 3.05) is 46.9 Å². The van der Waals surface area contributed by atoms with Crippen molar-refractivity contribution in [3.05, 3.63) is 35.9 Å². The monoisotopic (exact) mass is 264 g/mol. The van der Waals surface area contributed by atoms with Gasteiger partial charge in [-0.25, -0.2) is 0 Å². The number of rotatable bonds is 10. The highest BCUT2D eigenvalue weighted by Gasteiger charge is 2.11. The SMILES string of the molecule is CCC(CN(C)CCNCCOC)c1ccccc1. The number of methoxy groups -OCH3 is 1. The van der Waals surface area contributed by atoms with Crippen LogP contribution in [0.25, 0.3) is 0 Å². The minimum absolute atomic E-state index is 0.630. The number of hydrogen-bond donors (Lipinski definition) is 1. The lowest BCUT2D eigenvalue weighted by Gasteiger charge is -2.23. The average molecular weight is 264 g/mol. The molecule has 1 rings (SSSR count). The summed E-state index contributed by atoms with van der Waals surface area (Å²) in [5.74, 6) is 0.630. The minimum atomic E-state index is 0.630. The highest BCUT2D eigenvalue weighted by Crippen LogP contribution is 2.19. The molecule has 1 unspecified atom stereocenters. The number of nitrogens with zero attached hydrogens (tertiary/aromatic N) is 1. The molecule has 108 valence electrons. The molecule has 3 nitrogen and oxygen atoms in total. The zero-order valence-corrected chi connectivity index (χ0v) is 12.6. The van der Waals surface area contributed by atoms with Crippen LogP contribution in [0.5, 0.6) is 0 Å². The summed E-state index contributed by atoms with van der Waals surface area (Å²) < 4.78 is 5.01. The van der Waals surface area contributed by atoms with E-state index in [0.717, 1.165) is 32.8 Å². The summed E-state index contributed by atoms with van der Waals surface area (Å²) in [6.45, 7) is 7.19. The highest BCUT2D eigenvalue weighted by molar-refractivity contribution is 5.19. The maximum Gasteiger partial charge on any atom is 0.0587 e. The average Bonchev–Trinajstić information content (AvgIpc) is 2.45. The van der Waals surface area contributed by atoms with Crippen molar-refractivity contribution in [3.63, 3.8) is 0 Å². The second kappa shape index (κ2) is 9.96. The molecule has 0 amide bonds. The molecule has 19 heavy (non-hydrogen) atoms. The largest absolute Gasteiger partial charge is 0.383 e. The number of likely N-dealkylation sites (N-methyl/N-ethyl adjacent to an activating group) is 1. The molecule has 0 radical (unpaired) electrons. The molecule has 0 spiro atoms. The van der Waals surface area contributed by atoms with Gasteiger partial charge in [0.25, 0.3) is 0 Å². The summed E-state index contributed by atoms with van der Waals surface area (Å²) in [5, 5.41) is 3.38. The van der Waals surface area contributed by atoms with E-state index in [-0.39, 0.29) is 0 Å². The smallest absolute Gasteiger partial charge is 0.0587 e. The summed E-state index contributed by atoms with van der Waals surface area (Å²) >= 11 is 0. The van der Waals surface area contributed by atoms with Crippen molar-refractivity contribution in [2.45, 2.75) is 19.3 Å². The van der Waals surface area contributed by atoms with E-state index in [9.17, 15) is 0 Å². The third kappa shape index (κ3) is 6.71. The first kappa shape index (κ1) is 16.2. The van der Waals surface area contributed by atoms with Crippen molar-refractivity contribution in [1.29, 1.82) is 0 Å². The lowest BCUT2D eigenvalue weighted by Crippen LogP contribution is -2.33. The van der Waals surface area contributed by atoms with E-state index in [1.165, 1.54) is 12.0 Å². The van der Waals surface area contributed by atoms with Crippen LogP contribution >= 0.6 is 0 Å². The first-order chi connectivity index (χ1) is 9.27. The van der Waals surface area contributed by atoms with E-state index in [2.05, 4.69) is 54.5 Å². The molecule has 0 aliphatic rings. The number of benzene rings is 1. The van der Waals surface area contributed by atoms with Gasteiger partial charge < -0.3 is 15.0 Å². The third-order valence-corrected chi connectivity index (χ3v) is 3.45. The molecular weight excluding hydrogens is 236 g/mol. The molecule has 1 N–H and O–H groups in total. The fourth-order valence-corrected chi connectivity index (χ4v) is 2.23. The maximum absolute atomic E-state index is 5.01. The van der Waals surface area contributed by atoms with Crippen LogP contribution in [-0.4, -0.2) is 51.8 Å². The van der Waals surface area contributed by atoms with Gasteiger partial charge in [0, 0.05) is 33.3 Å². The normalized spacial score (nSPS) is 12.8. The fraction of sp³-hybridized carbons (Fsp3) is 0.625. The molecular formula is C16H28N2O. The van der Waals surface area contributed by atoms with Crippen LogP contribution in [0.4, 0.5) is 0 Å². The van der Waals surface area contributed by atoms with E-state index < -0.39 is 0 Å². The molecule has 3 heteroatoms. The van der Waals surface area contributed by atoms with E-state index in [1.807, 2.05) is 0 Å². The molecule has 0 fully saturated rings. The first-order valence-corrected chi connectivity index (χ1v) is 7.21. The van der Waals surface area contributed by atoms with Gasteiger partial charge in [-0.3, -0.25) is 0 Å². The summed E-state index contributed by atoms with van der Waals surface area (Å²) in [5.41, 5.74) is 1.45. The van der Waals surface area contributed by atoms with Gasteiger partial charge in [-0.05, 0) is 24.9 Å². The minimum Gasteiger partial charge on any atom is -0.383 e. The Morgan fingerprint density at radius 3 is 2.58 bits per heavy atom. The van der Waals surface area contributed by atoms with Crippen LogP contribution in [0.1, 0.15) is 24.8 Å². The topological polar surface area (TPSA) is 24.5 Å². The van der Waals surface area contributed by atoms with E-state index in [4.69, 9.17) is 4.74 Å². The predicted molar refractivity (Wildman–Crippen MR) is 81.7 cm³/mol. The van der Waals surface area contributed by atoms with Gasteiger partial charge in [-0.1, -0.05) is 37.3 Å². The predicted octanol–water partition coefficient (Wildman–Crippen LogP) is 2.35. The Morgan fingerprint density at radius 1 is 1.21 bits per heavy atom. The zero-order chi connectivity index (χ0) is 13.9. The van der Waals surface area contributed by atoms with Crippen molar-refractivity contribution in [1.82, 2.24) is 10.2 Å². The van der Waals surface area contributed by atoms with Crippen molar-refractivity contribution >= 4 is 0 Å². The molecule has 0 heterocycles. The van der Waals surface area contributed by atoms with Crippen LogP contribution in [-0.2, 0) is 4.74 Å². The van der Waals surface area contributed by atoms with Crippen LogP contribution in [0.2, 0.25) is 0 Å². The van der Waals surface area contributed by atoms with Crippen molar-refractivity contribution in [3.8, 4) is 0 Å². The molecule has 0 saturated heterocycles. The van der Waals surface area contributed by atoms with Gasteiger partial charge in [0.05, 0.1) is 6.61 Å². The summed E-state index contributed by atoms with van der Waals surface area (Å²) in [6.07, 6.45) is 1.19. The summed E-state index contributed by atoms with van der Waals surface area (Å²) in [7, 11) is 3.93. The molecule has 0 bridgehead atoms. The molecule has 0 saturated carbocycles. The van der Waals surface area contributed by atoms with Crippen molar-refractivity contribution in [2.24, 2.45) is 0 Å². The third-order valence-electron chi connectivity index (χ3n) is 3.45. The highest BCUT2D eigenvalue weighted by atomic mass is 16.5. The lowest BCUT2D eigenvalue weighted by molar-refractivity contribution is 0.197. The molecule has 1 aromatic rings. The number of hydrogen-bond acceptors (Lipinski definition) is 3. The van der Waals surface area contributed by atoms with Gasteiger partial charge in [0.2, 0.25) is 0 Å². The fourth-order valence-electron chi connectivity index (χ4n) is 2.23. The Balaban J connectivity index is 2.27. The molecule has 1 atom stereocenters. The van der Waals surface area contributed by atoms with E-state index in [0.29, 0.717) is 5.92 Å². The molecule has 0 aliphatic carbocycles. The van der Waals surface area contributed by atoms with Crippen LogP contribution in [0.15, 0.2) is 30.3 Å². The summed E-state index contributed by atoms with van der Waals surface area (Å²) in [4.78, 5) is 2.40. The van der Waals surface area contributed by atoms with Gasteiger partial charge in [-0.2, -0.15) is 0 Å². The Kier molecular flexibility index (Phi) is 8.47. The number of ether oxygens (including phenoxy) is 1. The maximum atomic E-state index is 5.01. The summed E-state index contributed by atoms with van der Waals surface area (Å²) in [6, 6.07) is 10.8. The van der Waals surface area contributed by atoms with Gasteiger partial charge in [0.1, 0.15) is 0 Å². The number of nitrogens with one attached hydrogen (secondary N) is 1. The van der Waals surface area contributed by atoms with Crippen LogP contribution in [0.3, 0.4) is 0 Å². The lowest BCUT2D eigenvalue weighted by atomic mass is 9.96. The Hall–Kier alpha value is -0.900. The quantitative estimate of drug-likeness (QED) is 0.657. The van der Waals surface area contributed by atoms with E-state index >= 15 is 0 Å². The van der Waals surface area contributed by atoms with E-state index in [1.54, 1.807) is 7.11 Å². The molecule has 0 aromatic heterocycles. The Bertz CT molecular complexity index is 316. The van der Waals surface area contributed by atoms with Crippen LogP contribution in [0, 0.1) is 0 Å². The van der Waals surface area contributed by atoms with Gasteiger partial charge in [-0.15, -0.1) is 0 Å². The van der Waals surface area contributed by atoms with Gasteiger partial charge >= 0.3 is 0 Å². The zero-order valence-electron chi connectivity index (χ0n) is 12.6. The Morgan fingerprint density at radius 2 is 1.95 bits per heavy atom. The first-order valence-electron chi connectivity index (χ1n) is 7.21. The standard InChI is InChI=1S/C16H28N2O/c1-4-15(16-8-6-5-7-9-16)14-18(2)12-10-17-11-13-19-3/h5-9,15,17H,4,10-14H2,1-3H3. The second-order valence-electron chi connectivity index (χ2n) is 5.02. The van der Waals surface area contributed by atoms with Gasteiger partial charge in [0.15, 0.2) is 0 Å².